The van der Waals surface area contributed by atoms with Gasteiger partial charge in [0.15, 0.2) is 0 Å². The highest BCUT2D eigenvalue weighted by Gasteiger charge is 2.16. The van der Waals surface area contributed by atoms with Crippen molar-refractivity contribution in [2.75, 3.05) is 36.9 Å². The number of primary amides is 1. The maximum atomic E-state index is 13.8. The van der Waals surface area contributed by atoms with E-state index in [2.05, 4.69) is 0 Å². The first-order valence-corrected chi connectivity index (χ1v) is 5.36. The van der Waals surface area contributed by atoms with Gasteiger partial charge in [-0.3, -0.25) is 4.79 Å². The third-order valence-corrected chi connectivity index (χ3v) is 2.46. The van der Waals surface area contributed by atoms with Crippen LogP contribution in [0.3, 0.4) is 0 Å². The zero-order valence-electron chi connectivity index (χ0n) is 9.77. The molecule has 0 fully saturated rings. The summed E-state index contributed by atoms with van der Waals surface area (Å²) in [6.45, 7) is -0.176. The van der Waals surface area contributed by atoms with Crippen LogP contribution in [0, 0.1) is 5.82 Å². The Labute approximate surface area is 104 Å². The predicted octanol–water partition coefficient (Wildman–Crippen LogP) is -0.702. The van der Waals surface area contributed by atoms with Crippen molar-refractivity contribution in [2.45, 2.75) is 0 Å². The summed E-state index contributed by atoms with van der Waals surface area (Å²) < 4.78 is 13.8. The molecule has 0 aliphatic carbocycles. The number of benzene rings is 1. The van der Waals surface area contributed by atoms with Gasteiger partial charge in [-0.2, -0.15) is 0 Å². The molecule has 1 rings (SSSR count). The molecule has 0 radical (unpaired) electrons. The summed E-state index contributed by atoms with van der Waals surface area (Å²) in [5, 5.41) is 17.8. The number of rotatable bonds is 6. The van der Waals surface area contributed by atoms with Crippen molar-refractivity contribution in [3.8, 4) is 0 Å². The third kappa shape index (κ3) is 3.08. The van der Waals surface area contributed by atoms with E-state index in [0.717, 1.165) is 6.07 Å². The highest BCUT2D eigenvalue weighted by molar-refractivity contribution is 5.99. The van der Waals surface area contributed by atoms with Crippen molar-refractivity contribution in [3.05, 3.63) is 23.5 Å². The van der Waals surface area contributed by atoms with E-state index in [0.29, 0.717) is 0 Å². The van der Waals surface area contributed by atoms with E-state index in [1.54, 1.807) is 0 Å². The van der Waals surface area contributed by atoms with Crippen LogP contribution in [-0.4, -0.2) is 42.4 Å². The Balaban J connectivity index is 3.20. The number of carbonyl (C=O) groups is 1. The van der Waals surface area contributed by atoms with Gasteiger partial charge in [0.1, 0.15) is 5.82 Å². The van der Waals surface area contributed by atoms with E-state index in [9.17, 15) is 9.18 Å². The van der Waals surface area contributed by atoms with E-state index in [1.165, 1.54) is 11.0 Å². The Morgan fingerprint density at radius 2 is 1.83 bits per heavy atom. The van der Waals surface area contributed by atoms with E-state index in [1.807, 2.05) is 0 Å². The summed E-state index contributed by atoms with van der Waals surface area (Å²) in [5.74, 6) is -1.40. The summed E-state index contributed by atoms with van der Waals surface area (Å²) in [6.07, 6.45) is 0. The van der Waals surface area contributed by atoms with E-state index in [4.69, 9.17) is 21.7 Å². The quantitative estimate of drug-likeness (QED) is 0.503. The van der Waals surface area contributed by atoms with Gasteiger partial charge < -0.3 is 26.6 Å². The summed E-state index contributed by atoms with van der Waals surface area (Å²) in [7, 11) is 0. The maximum Gasteiger partial charge on any atom is 0.250 e. The minimum atomic E-state index is -0.762. The first-order valence-electron chi connectivity index (χ1n) is 5.36. The minimum absolute atomic E-state index is 0.00674. The van der Waals surface area contributed by atoms with Crippen molar-refractivity contribution in [1.29, 1.82) is 0 Å². The first kappa shape index (κ1) is 14.2. The minimum Gasteiger partial charge on any atom is -0.398 e. The Morgan fingerprint density at radius 1 is 1.28 bits per heavy atom. The van der Waals surface area contributed by atoms with Gasteiger partial charge >= 0.3 is 0 Å². The number of hydrogen-bond acceptors (Lipinski definition) is 5. The second kappa shape index (κ2) is 6.18. The van der Waals surface area contributed by atoms with Gasteiger partial charge in [-0.15, -0.1) is 0 Å². The lowest BCUT2D eigenvalue weighted by atomic mass is 10.1. The lowest BCUT2D eigenvalue weighted by Crippen LogP contribution is -2.31. The number of hydrogen-bond donors (Lipinski definition) is 4. The largest absolute Gasteiger partial charge is 0.398 e. The Hall–Kier alpha value is -1.86. The van der Waals surface area contributed by atoms with Gasteiger partial charge in [0.05, 0.1) is 24.5 Å². The fourth-order valence-electron chi connectivity index (χ4n) is 1.63. The number of aliphatic hydroxyl groups excluding tert-OH is 2. The molecular formula is C11H16FN3O3. The van der Waals surface area contributed by atoms with Gasteiger partial charge in [0.25, 0.3) is 5.91 Å². The Bertz CT molecular complexity index is 434. The summed E-state index contributed by atoms with van der Waals surface area (Å²) in [4.78, 5) is 12.5. The number of anilines is 2. The van der Waals surface area contributed by atoms with Gasteiger partial charge in [-0.1, -0.05) is 0 Å². The molecule has 18 heavy (non-hydrogen) atoms. The highest BCUT2D eigenvalue weighted by atomic mass is 19.1. The molecule has 0 spiro atoms. The zero-order chi connectivity index (χ0) is 13.7. The van der Waals surface area contributed by atoms with Crippen LogP contribution in [0.2, 0.25) is 0 Å². The van der Waals surface area contributed by atoms with Crippen molar-refractivity contribution in [1.82, 2.24) is 0 Å². The Morgan fingerprint density at radius 3 is 2.28 bits per heavy atom. The smallest absolute Gasteiger partial charge is 0.250 e. The van der Waals surface area contributed by atoms with Crippen molar-refractivity contribution in [3.63, 3.8) is 0 Å². The average Bonchev–Trinajstić information content (AvgIpc) is 2.28. The van der Waals surface area contributed by atoms with Crippen LogP contribution >= 0.6 is 0 Å². The molecule has 7 heteroatoms. The molecule has 0 aliphatic rings. The Kier molecular flexibility index (Phi) is 4.87. The highest BCUT2D eigenvalue weighted by Crippen LogP contribution is 2.25. The van der Waals surface area contributed by atoms with Gasteiger partial charge in [0.2, 0.25) is 0 Å². The molecule has 0 atom stereocenters. The first-order chi connectivity index (χ1) is 8.51. The van der Waals surface area contributed by atoms with Crippen molar-refractivity contribution >= 4 is 17.3 Å². The molecule has 0 saturated carbocycles. The molecule has 6 nitrogen and oxygen atoms in total. The molecule has 0 heterocycles. The molecule has 1 aromatic carbocycles. The molecule has 1 aromatic rings. The average molecular weight is 257 g/mol. The molecule has 0 saturated heterocycles. The van der Waals surface area contributed by atoms with Crippen molar-refractivity contribution < 1.29 is 19.4 Å². The predicted molar refractivity (Wildman–Crippen MR) is 65.7 cm³/mol. The summed E-state index contributed by atoms with van der Waals surface area (Å²) in [6, 6.07) is 2.22. The topological polar surface area (TPSA) is 113 Å². The number of aliphatic hydroxyl groups is 2. The SMILES string of the molecule is NC(=O)c1cc(N(CCO)CCO)c(F)cc1N. The number of halogens is 1. The second-order valence-electron chi connectivity index (χ2n) is 3.69. The summed E-state index contributed by atoms with van der Waals surface area (Å²) in [5.41, 5.74) is 10.6. The van der Waals surface area contributed by atoms with Crippen LogP contribution < -0.4 is 16.4 Å². The van der Waals surface area contributed by atoms with Crippen LogP contribution in [0.25, 0.3) is 0 Å². The fraction of sp³-hybridized carbons (Fsp3) is 0.364. The third-order valence-electron chi connectivity index (χ3n) is 2.46. The maximum absolute atomic E-state index is 13.8. The molecular weight excluding hydrogens is 241 g/mol. The molecule has 0 bridgehead atoms. The van der Waals surface area contributed by atoms with Crippen LogP contribution in [-0.2, 0) is 0 Å². The monoisotopic (exact) mass is 257 g/mol. The van der Waals surface area contributed by atoms with E-state index >= 15 is 0 Å². The second-order valence-corrected chi connectivity index (χ2v) is 3.69. The number of nitrogens with zero attached hydrogens (tertiary/aromatic N) is 1. The van der Waals surface area contributed by atoms with Crippen LogP contribution in [0.1, 0.15) is 10.4 Å². The number of carbonyl (C=O) groups excluding carboxylic acids is 1. The number of nitrogen functional groups attached to an aromatic ring is 1. The molecule has 100 valence electrons. The zero-order valence-corrected chi connectivity index (χ0v) is 9.77. The lowest BCUT2D eigenvalue weighted by molar-refractivity contribution is 0.100. The van der Waals surface area contributed by atoms with Gasteiger partial charge in [-0.05, 0) is 12.1 Å². The van der Waals surface area contributed by atoms with Gasteiger partial charge in [0, 0.05) is 18.8 Å². The lowest BCUT2D eigenvalue weighted by Gasteiger charge is -2.24. The number of amides is 1. The van der Waals surface area contributed by atoms with E-state index in [-0.39, 0.29) is 43.2 Å². The molecule has 0 aromatic heterocycles. The van der Waals surface area contributed by atoms with Crippen LogP contribution in [0.5, 0.6) is 0 Å². The van der Waals surface area contributed by atoms with E-state index < -0.39 is 11.7 Å². The van der Waals surface area contributed by atoms with Crippen LogP contribution in [0.15, 0.2) is 12.1 Å². The normalized spacial score (nSPS) is 10.4. The fourth-order valence-corrected chi connectivity index (χ4v) is 1.63. The standard InChI is InChI=1S/C11H16FN3O3/c12-8-6-9(13)7(11(14)18)5-10(8)15(1-3-16)2-4-17/h5-6,16-17H,1-4,13H2,(H2,14,18). The molecule has 6 N–H and O–H groups in total. The van der Waals surface area contributed by atoms with Crippen LogP contribution in [0.4, 0.5) is 15.8 Å². The van der Waals surface area contributed by atoms with Crippen molar-refractivity contribution in [2.24, 2.45) is 5.73 Å². The molecule has 1 amide bonds. The molecule has 0 aliphatic heterocycles. The van der Waals surface area contributed by atoms with Gasteiger partial charge in [-0.25, -0.2) is 4.39 Å². The molecule has 0 unspecified atom stereocenters. The summed E-state index contributed by atoms with van der Waals surface area (Å²) >= 11 is 0. The number of nitrogens with two attached hydrogens (primary N) is 2.